The van der Waals surface area contributed by atoms with E-state index in [0.717, 1.165) is 35.8 Å². The molecule has 1 saturated heterocycles. The van der Waals surface area contributed by atoms with Crippen LogP contribution in [0.4, 0.5) is 0 Å². The van der Waals surface area contributed by atoms with E-state index in [0.29, 0.717) is 18.7 Å². The van der Waals surface area contributed by atoms with Gasteiger partial charge < -0.3 is 14.4 Å². The molecule has 24 heavy (non-hydrogen) atoms. The number of carbonyl (C=O) groups excluding carboxylic acids is 1. The van der Waals surface area contributed by atoms with Gasteiger partial charge in [0.15, 0.2) is 5.76 Å². The number of piperidine rings is 1. The molecule has 1 unspecified atom stereocenters. The number of hydrogen-bond donors (Lipinski definition) is 1. The molecule has 0 radical (unpaired) electrons. The molecule has 1 aromatic carbocycles. The van der Waals surface area contributed by atoms with Crippen LogP contribution in [0.1, 0.15) is 53.8 Å². The Morgan fingerprint density at radius 3 is 2.71 bits per heavy atom. The monoisotopic (exact) mass is 329 g/mol. The Labute approximate surface area is 141 Å². The van der Waals surface area contributed by atoms with Crippen LogP contribution in [0.15, 0.2) is 22.6 Å². The third kappa shape index (κ3) is 3.30. The molecule has 0 bridgehead atoms. The molecule has 5 nitrogen and oxygen atoms in total. The molecule has 1 aromatic heterocycles. The Bertz CT molecular complexity index is 738. The van der Waals surface area contributed by atoms with Crippen LogP contribution in [0.3, 0.4) is 0 Å². The van der Waals surface area contributed by atoms with Crippen molar-refractivity contribution in [1.82, 2.24) is 4.90 Å². The number of carbonyl (C=O) groups is 2. The number of hydrogen-bond acceptors (Lipinski definition) is 3. The summed E-state index contributed by atoms with van der Waals surface area (Å²) >= 11 is 0. The number of amides is 1. The minimum Gasteiger partial charge on any atom is -0.481 e. The molecule has 5 heteroatoms. The predicted octanol–water partition coefficient (Wildman–Crippen LogP) is 3.91. The third-order valence-corrected chi connectivity index (χ3v) is 4.92. The molecule has 0 saturated carbocycles. The van der Waals surface area contributed by atoms with E-state index in [2.05, 4.69) is 0 Å². The number of benzene rings is 1. The van der Waals surface area contributed by atoms with E-state index in [9.17, 15) is 9.59 Å². The number of likely N-dealkylation sites (tertiary alicyclic amines) is 1. The average Bonchev–Trinajstić information content (AvgIpc) is 2.95. The fourth-order valence-electron chi connectivity index (χ4n) is 3.41. The second-order valence-electron chi connectivity index (χ2n) is 6.67. The topological polar surface area (TPSA) is 70.8 Å². The third-order valence-electron chi connectivity index (χ3n) is 4.92. The van der Waals surface area contributed by atoms with Gasteiger partial charge in [-0.1, -0.05) is 0 Å². The Hall–Kier alpha value is -2.30. The van der Waals surface area contributed by atoms with Crippen LogP contribution in [0.2, 0.25) is 0 Å². The van der Waals surface area contributed by atoms with E-state index in [-0.39, 0.29) is 18.4 Å². The number of aryl methyl sites for hydroxylation is 2. The lowest BCUT2D eigenvalue weighted by atomic mass is 9.97. The first-order valence-electron chi connectivity index (χ1n) is 8.49. The number of aliphatic carboxylic acids is 1. The first-order chi connectivity index (χ1) is 11.5. The summed E-state index contributed by atoms with van der Waals surface area (Å²) in [5.41, 5.74) is 3.02. The van der Waals surface area contributed by atoms with Gasteiger partial charge in [-0.05, 0) is 68.9 Å². The van der Waals surface area contributed by atoms with Crippen molar-refractivity contribution < 1.29 is 19.1 Å². The largest absolute Gasteiger partial charge is 0.481 e. The number of nitrogens with zero attached hydrogens (tertiary/aromatic N) is 1. The second-order valence-corrected chi connectivity index (χ2v) is 6.67. The van der Waals surface area contributed by atoms with Crippen molar-refractivity contribution >= 4 is 22.8 Å². The lowest BCUT2D eigenvalue weighted by Crippen LogP contribution is -2.43. The zero-order valence-electron chi connectivity index (χ0n) is 14.2. The molecule has 0 spiro atoms. The van der Waals surface area contributed by atoms with E-state index in [1.165, 1.54) is 5.56 Å². The van der Waals surface area contributed by atoms with Crippen molar-refractivity contribution in [2.24, 2.45) is 0 Å². The predicted molar refractivity (Wildman–Crippen MR) is 91.2 cm³/mol. The van der Waals surface area contributed by atoms with Gasteiger partial charge in [0.1, 0.15) is 5.58 Å². The highest BCUT2D eigenvalue weighted by atomic mass is 16.4. The lowest BCUT2D eigenvalue weighted by molar-refractivity contribution is -0.137. The van der Waals surface area contributed by atoms with Gasteiger partial charge in [-0.15, -0.1) is 0 Å². The normalized spacial score (nSPS) is 18.1. The first kappa shape index (κ1) is 16.6. The zero-order chi connectivity index (χ0) is 17.3. The molecule has 1 fully saturated rings. The van der Waals surface area contributed by atoms with Gasteiger partial charge in [-0.2, -0.15) is 0 Å². The van der Waals surface area contributed by atoms with Crippen LogP contribution >= 0.6 is 0 Å². The number of carboxylic acid groups (broad SMARTS) is 1. The smallest absolute Gasteiger partial charge is 0.303 e. The number of rotatable bonds is 4. The maximum Gasteiger partial charge on any atom is 0.303 e. The van der Waals surface area contributed by atoms with Crippen LogP contribution in [0.25, 0.3) is 11.0 Å². The molecule has 128 valence electrons. The Balaban J connectivity index is 1.84. The van der Waals surface area contributed by atoms with E-state index in [1.54, 1.807) is 11.0 Å². The molecule has 1 N–H and O–H groups in total. The standard InChI is InChI=1S/C19H23NO4/c1-12-9-14-11-17(24-16(14)10-13(12)2)19(23)20-8-4-3-5-15(20)6-7-18(21)22/h9-11,15H,3-8H2,1-2H3,(H,21,22). The average molecular weight is 329 g/mol. The minimum atomic E-state index is -0.817. The van der Waals surface area contributed by atoms with Crippen LogP contribution in [0.5, 0.6) is 0 Å². The fourth-order valence-corrected chi connectivity index (χ4v) is 3.41. The van der Waals surface area contributed by atoms with Crippen molar-refractivity contribution in [3.05, 3.63) is 35.1 Å². The summed E-state index contributed by atoms with van der Waals surface area (Å²) in [5, 5.41) is 9.84. The summed E-state index contributed by atoms with van der Waals surface area (Å²) in [4.78, 5) is 25.5. The van der Waals surface area contributed by atoms with Gasteiger partial charge in [0.05, 0.1) is 0 Å². The summed E-state index contributed by atoms with van der Waals surface area (Å²) < 4.78 is 5.79. The first-order valence-corrected chi connectivity index (χ1v) is 8.49. The molecular weight excluding hydrogens is 306 g/mol. The number of carboxylic acids is 1. The van der Waals surface area contributed by atoms with E-state index in [4.69, 9.17) is 9.52 Å². The van der Waals surface area contributed by atoms with Crippen molar-refractivity contribution in [2.45, 2.75) is 52.0 Å². The van der Waals surface area contributed by atoms with Gasteiger partial charge in [-0.3, -0.25) is 9.59 Å². The highest BCUT2D eigenvalue weighted by molar-refractivity contribution is 5.96. The van der Waals surface area contributed by atoms with Gasteiger partial charge in [0.2, 0.25) is 0 Å². The number of fused-ring (bicyclic) bond motifs is 1. The molecule has 3 rings (SSSR count). The fraction of sp³-hybridized carbons (Fsp3) is 0.474. The van der Waals surface area contributed by atoms with Crippen molar-refractivity contribution in [3.8, 4) is 0 Å². The SMILES string of the molecule is Cc1cc2cc(C(=O)N3CCCCC3CCC(=O)O)oc2cc1C. The number of furan rings is 1. The summed E-state index contributed by atoms with van der Waals surface area (Å²) in [6, 6.07) is 5.77. The molecule has 1 aliphatic heterocycles. The van der Waals surface area contributed by atoms with Crippen molar-refractivity contribution in [3.63, 3.8) is 0 Å². The quantitative estimate of drug-likeness (QED) is 0.923. The molecule has 1 atom stereocenters. The molecule has 0 aliphatic carbocycles. The van der Waals surface area contributed by atoms with Crippen LogP contribution in [-0.4, -0.2) is 34.5 Å². The van der Waals surface area contributed by atoms with Crippen molar-refractivity contribution in [1.29, 1.82) is 0 Å². The summed E-state index contributed by atoms with van der Waals surface area (Å²) in [7, 11) is 0. The van der Waals surface area contributed by atoms with Crippen molar-refractivity contribution in [2.75, 3.05) is 6.54 Å². The van der Waals surface area contributed by atoms with Gasteiger partial charge in [-0.25, -0.2) is 0 Å². The van der Waals surface area contributed by atoms with Gasteiger partial charge >= 0.3 is 5.97 Å². The lowest BCUT2D eigenvalue weighted by Gasteiger charge is -2.35. The van der Waals surface area contributed by atoms with E-state index >= 15 is 0 Å². The van der Waals surface area contributed by atoms with Crippen LogP contribution < -0.4 is 0 Å². The highest BCUT2D eigenvalue weighted by Crippen LogP contribution is 2.27. The summed E-state index contributed by atoms with van der Waals surface area (Å²) in [6.45, 7) is 4.72. The highest BCUT2D eigenvalue weighted by Gasteiger charge is 2.29. The van der Waals surface area contributed by atoms with Crippen LogP contribution in [0, 0.1) is 13.8 Å². The second kappa shape index (κ2) is 6.67. The van der Waals surface area contributed by atoms with E-state index in [1.807, 2.05) is 26.0 Å². The molecule has 2 heterocycles. The zero-order valence-corrected chi connectivity index (χ0v) is 14.2. The van der Waals surface area contributed by atoms with Crippen LogP contribution in [-0.2, 0) is 4.79 Å². The van der Waals surface area contributed by atoms with Gasteiger partial charge in [0.25, 0.3) is 5.91 Å². The molecule has 1 amide bonds. The maximum atomic E-state index is 12.9. The Kier molecular flexibility index (Phi) is 4.60. The maximum absolute atomic E-state index is 12.9. The van der Waals surface area contributed by atoms with Gasteiger partial charge in [0, 0.05) is 24.4 Å². The molecule has 1 aliphatic rings. The summed E-state index contributed by atoms with van der Waals surface area (Å²) in [6.07, 6.45) is 3.43. The molecular formula is C19H23NO4. The minimum absolute atomic E-state index is 0.0148. The molecule has 2 aromatic rings. The Morgan fingerprint density at radius 1 is 1.21 bits per heavy atom. The van der Waals surface area contributed by atoms with E-state index < -0.39 is 5.97 Å². The Morgan fingerprint density at radius 2 is 1.96 bits per heavy atom. The summed E-state index contributed by atoms with van der Waals surface area (Å²) in [5.74, 6) is -0.600.